The van der Waals surface area contributed by atoms with Gasteiger partial charge in [-0.15, -0.1) is 0 Å². The van der Waals surface area contributed by atoms with Crippen LogP contribution in [0.3, 0.4) is 0 Å². The van der Waals surface area contributed by atoms with Crippen molar-refractivity contribution in [3.05, 3.63) is 42.0 Å². The van der Waals surface area contributed by atoms with Crippen molar-refractivity contribution in [2.45, 2.75) is 0 Å². The summed E-state index contributed by atoms with van der Waals surface area (Å²) < 4.78 is 5.10. The number of nitrogens with zero attached hydrogens (tertiary/aromatic N) is 3. The molecule has 4 aromatic rings. The second-order valence-corrected chi connectivity index (χ2v) is 4.91. The van der Waals surface area contributed by atoms with Gasteiger partial charge in [0.1, 0.15) is 5.82 Å². The normalized spacial score (nSPS) is 10.9. The van der Waals surface area contributed by atoms with Crippen molar-refractivity contribution in [2.24, 2.45) is 0 Å². The summed E-state index contributed by atoms with van der Waals surface area (Å²) in [5.41, 5.74) is 4.94. The van der Waals surface area contributed by atoms with E-state index in [1.807, 2.05) is 24.3 Å². The first-order valence-electron chi connectivity index (χ1n) is 6.71. The van der Waals surface area contributed by atoms with Crippen molar-refractivity contribution in [1.29, 1.82) is 5.26 Å². The van der Waals surface area contributed by atoms with Gasteiger partial charge in [0.15, 0.2) is 0 Å². The minimum absolute atomic E-state index is 0.482. The molecular formula is C16H11N5O. The average Bonchev–Trinajstić information content (AvgIpc) is 3.16. The number of ether oxygens (including phenoxy) is 1. The number of H-pyrrole nitrogens is 2. The third-order valence-electron chi connectivity index (χ3n) is 3.54. The number of imidazole rings is 2. The number of aromatic amines is 2. The molecule has 2 aromatic carbocycles. The lowest BCUT2D eigenvalue weighted by molar-refractivity contribution is 0.386. The predicted octanol–water partition coefficient (Wildman–Crippen LogP) is 2.99. The molecule has 2 aromatic heterocycles. The van der Waals surface area contributed by atoms with Crippen LogP contribution in [0.1, 0.15) is 5.56 Å². The van der Waals surface area contributed by atoms with Gasteiger partial charge < -0.3 is 14.7 Å². The Labute approximate surface area is 125 Å². The molecule has 0 spiro atoms. The Morgan fingerprint density at radius 2 is 1.77 bits per heavy atom. The zero-order chi connectivity index (χ0) is 15.1. The fourth-order valence-corrected chi connectivity index (χ4v) is 2.45. The number of aromatic nitrogens is 4. The van der Waals surface area contributed by atoms with E-state index in [0.29, 0.717) is 11.6 Å². The molecular weight excluding hydrogens is 278 g/mol. The van der Waals surface area contributed by atoms with Gasteiger partial charge in [0, 0.05) is 5.56 Å². The standard InChI is InChI=1S/C16H11N5O/c1-22-16-20-12-5-3-10(7-14(12)21-16)15-18-11-4-2-9(8-17)6-13(11)19-15/h2-7H,1H3,(H,18,19)(H,20,21). The molecule has 0 saturated carbocycles. The first-order valence-corrected chi connectivity index (χ1v) is 6.71. The molecule has 0 aliphatic heterocycles. The summed E-state index contributed by atoms with van der Waals surface area (Å²) in [5, 5.41) is 8.96. The second-order valence-electron chi connectivity index (χ2n) is 4.91. The molecule has 22 heavy (non-hydrogen) atoms. The van der Waals surface area contributed by atoms with Crippen molar-refractivity contribution in [1.82, 2.24) is 19.9 Å². The molecule has 2 heterocycles. The summed E-state index contributed by atoms with van der Waals surface area (Å²) in [4.78, 5) is 15.2. The second kappa shape index (κ2) is 4.60. The maximum atomic E-state index is 8.96. The van der Waals surface area contributed by atoms with E-state index in [4.69, 9.17) is 10.00 Å². The van der Waals surface area contributed by atoms with Crippen molar-refractivity contribution < 1.29 is 4.74 Å². The van der Waals surface area contributed by atoms with Crippen molar-refractivity contribution in [3.8, 4) is 23.5 Å². The van der Waals surface area contributed by atoms with Gasteiger partial charge in [-0.25, -0.2) is 4.98 Å². The van der Waals surface area contributed by atoms with Gasteiger partial charge in [-0.2, -0.15) is 10.2 Å². The predicted molar refractivity (Wildman–Crippen MR) is 82.4 cm³/mol. The van der Waals surface area contributed by atoms with E-state index >= 15 is 0 Å². The van der Waals surface area contributed by atoms with Crippen molar-refractivity contribution >= 4 is 22.1 Å². The Balaban J connectivity index is 1.85. The molecule has 0 aliphatic rings. The number of hydrogen-bond donors (Lipinski definition) is 2. The van der Waals surface area contributed by atoms with Gasteiger partial charge >= 0.3 is 0 Å². The lowest BCUT2D eigenvalue weighted by Crippen LogP contribution is -1.82. The lowest BCUT2D eigenvalue weighted by Gasteiger charge is -1.95. The molecule has 6 nitrogen and oxygen atoms in total. The van der Waals surface area contributed by atoms with Crippen LogP contribution in [0.25, 0.3) is 33.5 Å². The van der Waals surface area contributed by atoms with E-state index < -0.39 is 0 Å². The zero-order valence-electron chi connectivity index (χ0n) is 11.7. The Kier molecular flexibility index (Phi) is 2.60. The third-order valence-corrected chi connectivity index (χ3v) is 3.54. The molecule has 0 radical (unpaired) electrons. The minimum atomic E-state index is 0.482. The largest absolute Gasteiger partial charge is 0.468 e. The molecule has 0 unspecified atom stereocenters. The van der Waals surface area contributed by atoms with Crippen molar-refractivity contribution in [3.63, 3.8) is 0 Å². The van der Waals surface area contributed by atoms with E-state index in [1.54, 1.807) is 19.2 Å². The van der Waals surface area contributed by atoms with Crippen LogP contribution in [-0.2, 0) is 0 Å². The number of nitriles is 1. The topological polar surface area (TPSA) is 90.4 Å². The van der Waals surface area contributed by atoms with Crippen LogP contribution in [0, 0.1) is 11.3 Å². The van der Waals surface area contributed by atoms with E-state index in [-0.39, 0.29) is 0 Å². The quantitative estimate of drug-likeness (QED) is 0.593. The summed E-state index contributed by atoms with van der Waals surface area (Å²) in [6.07, 6.45) is 0. The van der Waals surface area contributed by atoms with Gasteiger partial charge in [-0.3, -0.25) is 0 Å². The first kappa shape index (κ1) is 12.4. The molecule has 0 bridgehead atoms. The van der Waals surface area contributed by atoms with E-state index in [9.17, 15) is 0 Å². The summed E-state index contributed by atoms with van der Waals surface area (Å²) in [5.74, 6) is 0.751. The van der Waals surface area contributed by atoms with Crippen LogP contribution in [0.5, 0.6) is 6.01 Å². The minimum Gasteiger partial charge on any atom is -0.468 e. The molecule has 0 aliphatic carbocycles. The summed E-state index contributed by atoms with van der Waals surface area (Å²) >= 11 is 0. The molecule has 2 N–H and O–H groups in total. The number of methoxy groups -OCH3 is 1. The summed E-state index contributed by atoms with van der Waals surface area (Å²) in [7, 11) is 1.57. The molecule has 0 saturated heterocycles. The number of nitrogens with one attached hydrogen (secondary N) is 2. The molecule has 106 valence electrons. The number of benzene rings is 2. The maximum absolute atomic E-state index is 8.96. The third kappa shape index (κ3) is 1.88. The van der Waals surface area contributed by atoms with Crippen LogP contribution in [0.4, 0.5) is 0 Å². The van der Waals surface area contributed by atoms with E-state index in [0.717, 1.165) is 33.5 Å². The highest BCUT2D eigenvalue weighted by Crippen LogP contribution is 2.25. The number of rotatable bonds is 2. The molecule has 0 atom stereocenters. The zero-order valence-corrected chi connectivity index (χ0v) is 11.7. The molecule has 0 amide bonds. The summed E-state index contributed by atoms with van der Waals surface area (Å²) in [6.45, 7) is 0. The van der Waals surface area contributed by atoms with Gasteiger partial charge in [-0.1, -0.05) is 0 Å². The Morgan fingerprint density at radius 3 is 2.59 bits per heavy atom. The highest BCUT2D eigenvalue weighted by molar-refractivity contribution is 5.84. The molecule has 6 heteroatoms. The lowest BCUT2D eigenvalue weighted by atomic mass is 10.2. The Hall–Kier alpha value is -3.33. The van der Waals surface area contributed by atoms with Gasteiger partial charge in [-0.05, 0) is 36.4 Å². The van der Waals surface area contributed by atoms with Crippen molar-refractivity contribution in [2.75, 3.05) is 7.11 Å². The van der Waals surface area contributed by atoms with Gasteiger partial charge in [0.05, 0.1) is 40.8 Å². The highest BCUT2D eigenvalue weighted by atomic mass is 16.5. The number of hydrogen-bond acceptors (Lipinski definition) is 4. The molecule has 0 fully saturated rings. The van der Waals surface area contributed by atoms with Crippen LogP contribution in [0.2, 0.25) is 0 Å². The first-order chi connectivity index (χ1) is 10.8. The number of fused-ring (bicyclic) bond motifs is 2. The van der Waals surface area contributed by atoms with E-state index in [2.05, 4.69) is 26.0 Å². The van der Waals surface area contributed by atoms with Crippen LogP contribution in [0.15, 0.2) is 36.4 Å². The van der Waals surface area contributed by atoms with E-state index in [1.165, 1.54) is 0 Å². The van der Waals surface area contributed by atoms with Crippen LogP contribution in [-0.4, -0.2) is 27.0 Å². The fourth-order valence-electron chi connectivity index (χ4n) is 2.45. The van der Waals surface area contributed by atoms with Gasteiger partial charge in [0.25, 0.3) is 6.01 Å². The fraction of sp³-hybridized carbons (Fsp3) is 0.0625. The van der Waals surface area contributed by atoms with Crippen LogP contribution >= 0.6 is 0 Å². The monoisotopic (exact) mass is 289 g/mol. The Morgan fingerprint density at radius 1 is 1.00 bits per heavy atom. The highest BCUT2D eigenvalue weighted by Gasteiger charge is 2.09. The average molecular weight is 289 g/mol. The van der Waals surface area contributed by atoms with Crippen LogP contribution < -0.4 is 4.74 Å². The Bertz CT molecular complexity index is 1040. The van der Waals surface area contributed by atoms with Gasteiger partial charge in [0.2, 0.25) is 0 Å². The summed E-state index contributed by atoms with van der Waals surface area (Å²) in [6, 6.07) is 13.8. The molecule has 4 rings (SSSR count). The smallest absolute Gasteiger partial charge is 0.294 e. The SMILES string of the molecule is COc1nc2ccc(-c3nc4ccc(C#N)cc4[nH]3)cc2[nH]1. The maximum Gasteiger partial charge on any atom is 0.294 e.